The molecule has 8 heteroatoms. The van der Waals surface area contributed by atoms with Crippen LogP contribution in [0.25, 0.3) is 5.57 Å². The Morgan fingerprint density at radius 3 is 2.29 bits per heavy atom. The standard InChI is InChI=1S/C20H14Cl2F2N2O2/c21-11-3-5-13(14(22)9-11)17-18(25-7-1-2-8-25)20(28)26(19(17)27)16-10-12(23)4-6-15(16)24/h3-6,9-10H,1-2,7-8H2. The topological polar surface area (TPSA) is 40.6 Å². The number of amides is 2. The lowest BCUT2D eigenvalue weighted by atomic mass is 10.0. The van der Waals surface area contributed by atoms with Crippen LogP contribution in [0.4, 0.5) is 14.5 Å². The van der Waals surface area contributed by atoms with Crippen molar-refractivity contribution in [1.29, 1.82) is 0 Å². The first-order valence-electron chi connectivity index (χ1n) is 8.67. The number of anilines is 1. The van der Waals surface area contributed by atoms with E-state index in [0.717, 1.165) is 31.0 Å². The molecule has 0 spiro atoms. The Morgan fingerprint density at radius 1 is 0.893 bits per heavy atom. The molecule has 4 rings (SSSR count). The van der Waals surface area contributed by atoms with E-state index in [-0.39, 0.29) is 16.3 Å². The van der Waals surface area contributed by atoms with E-state index < -0.39 is 29.1 Å². The van der Waals surface area contributed by atoms with Gasteiger partial charge in [0.1, 0.15) is 17.3 Å². The van der Waals surface area contributed by atoms with Crippen LogP contribution in [0.2, 0.25) is 10.0 Å². The maximum Gasteiger partial charge on any atom is 0.282 e. The highest BCUT2D eigenvalue weighted by Gasteiger charge is 2.44. The van der Waals surface area contributed by atoms with Gasteiger partial charge in [-0.3, -0.25) is 9.59 Å². The van der Waals surface area contributed by atoms with E-state index in [1.54, 1.807) is 17.0 Å². The molecule has 28 heavy (non-hydrogen) atoms. The lowest BCUT2D eigenvalue weighted by molar-refractivity contribution is -0.120. The minimum Gasteiger partial charge on any atom is -0.366 e. The highest BCUT2D eigenvalue weighted by Crippen LogP contribution is 2.39. The molecular weight excluding hydrogens is 409 g/mol. The van der Waals surface area contributed by atoms with Gasteiger partial charge in [0.05, 0.1) is 16.3 Å². The number of likely N-dealkylation sites (tertiary alicyclic amines) is 1. The summed E-state index contributed by atoms with van der Waals surface area (Å²) in [5.41, 5.74) is 0.116. The lowest BCUT2D eigenvalue weighted by Gasteiger charge is -2.20. The Labute approximate surface area is 169 Å². The van der Waals surface area contributed by atoms with E-state index in [1.165, 1.54) is 6.07 Å². The number of rotatable bonds is 3. The molecule has 1 saturated heterocycles. The van der Waals surface area contributed by atoms with E-state index in [9.17, 15) is 18.4 Å². The normalized spacial score (nSPS) is 17.3. The monoisotopic (exact) mass is 422 g/mol. The van der Waals surface area contributed by atoms with Crippen molar-refractivity contribution >= 4 is 46.3 Å². The molecule has 144 valence electrons. The summed E-state index contributed by atoms with van der Waals surface area (Å²) in [6.45, 7) is 1.17. The molecule has 0 saturated carbocycles. The quantitative estimate of drug-likeness (QED) is 0.675. The summed E-state index contributed by atoms with van der Waals surface area (Å²) in [5.74, 6) is -3.07. The van der Waals surface area contributed by atoms with Crippen LogP contribution in [0.5, 0.6) is 0 Å². The maximum atomic E-state index is 14.3. The van der Waals surface area contributed by atoms with Gasteiger partial charge < -0.3 is 4.90 Å². The molecule has 2 amide bonds. The van der Waals surface area contributed by atoms with Gasteiger partial charge in [-0.2, -0.15) is 0 Å². The Bertz CT molecular complexity index is 1030. The first-order valence-corrected chi connectivity index (χ1v) is 9.42. The molecular formula is C20H14Cl2F2N2O2. The van der Waals surface area contributed by atoms with Gasteiger partial charge in [-0.15, -0.1) is 0 Å². The fraction of sp³-hybridized carbons (Fsp3) is 0.200. The molecule has 0 unspecified atom stereocenters. The van der Waals surface area contributed by atoms with E-state index in [0.29, 0.717) is 28.6 Å². The molecule has 0 N–H and O–H groups in total. The minimum absolute atomic E-state index is 0.0669. The first-order chi connectivity index (χ1) is 13.4. The molecule has 4 nitrogen and oxygen atoms in total. The zero-order chi connectivity index (χ0) is 20.0. The third-order valence-electron chi connectivity index (χ3n) is 4.83. The molecule has 0 atom stereocenters. The third-order valence-corrected chi connectivity index (χ3v) is 5.38. The number of benzene rings is 2. The summed E-state index contributed by atoms with van der Waals surface area (Å²) in [7, 11) is 0. The van der Waals surface area contributed by atoms with Gasteiger partial charge in [-0.1, -0.05) is 29.3 Å². The molecule has 0 bridgehead atoms. The Kier molecular flexibility index (Phi) is 4.85. The summed E-state index contributed by atoms with van der Waals surface area (Å²) in [5, 5.41) is 0.573. The maximum absolute atomic E-state index is 14.3. The lowest BCUT2D eigenvalue weighted by Crippen LogP contribution is -2.35. The molecule has 1 fully saturated rings. The predicted octanol–water partition coefficient (Wildman–Crippen LogP) is 4.65. The Balaban J connectivity index is 1.90. The van der Waals surface area contributed by atoms with Gasteiger partial charge in [0.15, 0.2) is 0 Å². The molecule has 0 aliphatic carbocycles. The summed E-state index contributed by atoms with van der Waals surface area (Å²) in [4.78, 5) is 28.9. The molecule has 2 heterocycles. The zero-order valence-corrected chi connectivity index (χ0v) is 16.0. The van der Waals surface area contributed by atoms with E-state index in [4.69, 9.17) is 23.2 Å². The number of hydrogen-bond acceptors (Lipinski definition) is 3. The number of halogens is 4. The van der Waals surface area contributed by atoms with Crippen LogP contribution in [0.15, 0.2) is 42.1 Å². The zero-order valence-electron chi connectivity index (χ0n) is 14.5. The van der Waals surface area contributed by atoms with Crippen LogP contribution in [0.1, 0.15) is 18.4 Å². The minimum atomic E-state index is -0.868. The van der Waals surface area contributed by atoms with E-state index in [2.05, 4.69) is 0 Å². The van der Waals surface area contributed by atoms with Gasteiger partial charge in [0.2, 0.25) is 0 Å². The second-order valence-electron chi connectivity index (χ2n) is 6.58. The Morgan fingerprint density at radius 2 is 1.61 bits per heavy atom. The van der Waals surface area contributed by atoms with Gasteiger partial charge in [-0.05, 0) is 37.1 Å². The largest absolute Gasteiger partial charge is 0.366 e. The number of carbonyl (C=O) groups excluding carboxylic acids is 2. The number of carbonyl (C=O) groups is 2. The van der Waals surface area contributed by atoms with Crippen LogP contribution in [0.3, 0.4) is 0 Å². The van der Waals surface area contributed by atoms with E-state index in [1.807, 2.05) is 0 Å². The second-order valence-corrected chi connectivity index (χ2v) is 7.43. The van der Waals surface area contributed by atoms with E-state index >= 15 is 0 Å². The highest BCUT2D eigenvalue weighted by atomic mass is 35.5. The number of nitrogens with zero attached hydrogens (tertiary/aromatic N) is 2. The van der Waals surface area contributed by atoms with Crippen molar-refractivity contribution in [3.63, 3.8) is 0 Å². The molecule has 0 radical (unpaired) electrons. The van der Waals surface area contributed by atoms with Crippen molar-refractivity contribution < 1.29 is 18.4 Å². The van der Waals surface area contributed by atoms with Gasteiger partial charge in [0, 0.05) is 29.7 Å². The van der Waals surface area contributed by atoms with Gasteiger partial charge >= 0.3 is 0 Å². The van der Waals surface area contributed by atoms with Crippen LogP contribution in [0, 0.1) is 11.6 Å². The van der Waals surface area contributed by atoms with Gasteiger partial charge in [-0.25, -0.2) is 13.7 Å². The average molecular weight is 423 g/mol. The highest BCUT2D eigenvalue weighted by molar-refractivity contribution is 6.47. The Hall–Kier alpha value is -2.44. The van der Waals surface area contributed by atoms with Crippen molar-refractivity contribution in [3.8, 4) is 0 Å². The predicted molar refractivity (Wildman–Crippen MR) is 103 cm³/mol. The molecule has 0 aromatic heterocycles. The van der Waals surface area contributed by atoms with Crippen LogP contribution in [-0.4, -0.2) is 29.8 Å². The van der Waals surface area contributed by atoms with Crippen molar-refractivity contribution in [2.24, 2.45) is 0 Å². The summed E-state index contributed by atoms with van der Waals surface area (Å²) < 4.78 is 28.1. The van der Waals surface area contributed by atoms with Crippen LogP contribution < -0.4 is 4.90 Å². The van der Waals surface area contributed by atoms with Crippen molar-refractivity contribution in [3.05, 3.63) is 69.3 Å². The van der Waals surface area contributed by atoms with Gasteiger partial charge in [0.25, 0.3) is 11.8 Å². The fourth-order valence-electron chi connectivity index (χ4n) is 3.56. The van der Waals surface area contributed by atoms with Crippen molar-refractivity contribution in [2.75, 3.05) is 18.0 Å². The summed E-state index contributed by atoms with van der Waals surface area (Å²) >= 11 is 12.2. The van der Waals surface area contributed by atoms with Crippen molar-refractivity contribution in [1.82, 2.24) is 4.90 Å². The summed E-state index contributed by atoms with van der Waals surface area (Å²) in [6.07, 6.45) is 1.72. The third kappa shape index (κ3) is 3.06. The molecule has 2 aliphatic heterocycles. The molecule has 2 aromatic carbocycles. The first kappa shape index (κ1) is 18.9. The number of imide groups is 1. The molecule has 2 aromatic rings. The molecule has 2 aliphatic rings. The summed E-state index contributed by atoms with van der Waals surface area (Å²) in [6, 6.07) is 7.21. The second kappa shape index (κ2) is 7.18. The van der Waals surface area contributed by atoms with Crippen LogP contribution in [-0.2, 0) is 9.59 Å². The fourth-order valence-corrected chi connectivity index (χ4v) is 4.07. The smallest absolute Gasteiger partial charge is 0.282 e. The van der Waals surface area contributed by atoms with Crippen LogP contribution >= 0.6 is 23.2 Å². The SMILES string of the molecule is O=C1C(c2ccc(Cl)cc2Cl)=C(N2CCCC2)C(=O)N1c1cc(F)ccc1F. The number of hydrogen-bond donors (Lipinski definition) is 0. The average Bonchev–Trinajstić information content (AvgIpc) is 3.24. The van der Waals surface area contributed by atoms with Crippen molar-refractivity contribution in [2.45, 2.75) is 12.8 Å².